The van der Waals surface area contributed by atoms with Crippen LogP contribution in [-0.4, -0.2) is 67.7 Å². The molecule has 2 heterocycles. The minimum Gasteiger partial charge on any atom is -0.506 e. The van der Waals surface area contributed by atoms with Crippen molar-refractivity contribution >= 4 is 22.7 Å². The summed E-state index contributed by atoms with van der Waals surface area (Å²) in [5.74, 6) is -0.150. The fourth-order valence-electron chi connectivity index (χ4n) is 3.23. The second-order valence-corrected chi connectivity index (χ2v) is 6.87. The molecule has 30 heavy (non-hydrogen) atoms. The predicted molar refractivity (Wildman–Crippen MR) is 113 cm³/mol. The van der Waals surface area contributed by atoms with E-state index in [1.165, 1.54) is 12.1 Å². The van der Waals surface area contributed by atoms with Gasteiger partial charge in [0.1, 0.15) is 5.75 Å². The van der Waals surface area contributed by atoms with Crippen molar-refractivity contribution in [1.82, 2.24) is 0 Å². The fourth-order valence-corrected chi connectivity index (χ4v) is 3.23. The van der Waals surface area contributed by atoms with Gasteiger partial charge in [-0.05, 0) is 18.2 Å². The number of nitro groups is 1. The minimum absolute atomic E-state index is 0.147. The summed E-state index contributed by atoms with van der Waals surface area (Å²) < 4.78 is 10.4. The molecule has 0 atom stereocenters. The predicted octanol–water partition coefficient (Wildman–Crippen LogP) is 1.95. The lowest BCUT2D eigenvalue weighted by Crippen LogP contribution is -2.36. The number of aromatic hydroxyl groups is 2. The maximum absolute atomic E-state index is 10.5. The van der Waals surface area contributed by atoms with Crippen LogP contribution < -0.4 is 15.5 Å². The van der Waals surface area contributed by atoms with E-state index in [4.69, 9.17) is 15.2 Å². The van der Waals surface area contributed by atoms with Crippen LogP contribution in [0.5, 0.6) is 11.5 Å². The zero-order valence-corrected chi connectivity index (χ0v) is 16.6. The molecule has 10 nitrogen and oxygen atoms in total. The van der Waals surface area contributed by atoms with Gasteiger partial charge in [0, 0.05) is 55.8 Å². The van der Waals surface area contributed by atoms with Gasteiger partial charge in [0.05, 0.1) is 37.0 Å². The molecule has 4 rings (SSSR count). The van der Waals surface area contributed by atoms with E-state index in [0.717, 1.165) is 50.8 Å². The Morgan fingerprint density at radius 2 is 1.30 bits per heavy atom. The molecule has 2 saturated heterocycles. The highest BCUT2D eigenvalue weighted by Gasteiger charge is 2.17. The van der Waals surface area contributed by atoms with Crippen LogP contribution >= 0.6 is 0 Å². The lowest BCUT2D eigenvalue weighted by Gasteiger charge is -2.28. The lowest BCUT2D eigenvalue weighted by molar-refractivity contribution is -0.385. The third-order valence-corrected chi connectivity index (χ3v) is 4.92. The summed E-state index contributed by atoms with van der Waals surface area (Å²) in [6.45, 7) is 5.95. The van der Waals surface area contributed by atoms with Crippen molar-refractivity contribution < 1.29 is 24.6 Å². The summed E-state index contributed by atoms with van der Waals surface area (Å²) in [5, 5.41) is 29.5. The third-order valence-electron chi connectivity index (χ3n) is 4.92. The van der Waals surface area contributed by atoms with E-state index in [9.17, 15) is 20.3 Å². The van der Waals surface area contributed by atoms with Gasteiger partial charge in [-0.1, -0.05) is 0 Å². The molecule has 0 aromatic heterocycles. The van der Waals surface area contributed by atoms with Gasteiger partial charge in [-0.2, -0.15) is 0 Å². The van der Waals surface area contributed by atoms with Gasteiger partial charge in [0.15, 0.2) is 5.75 Å². The minimum atomic E-state index is -0.599. The largest absolute Gasteiger partial charge is 0.506 e. The fraction of sp³-hybridized carbons (Fsp3) is 0.400. The van der Waals surface area contributed by atoms with Crippen molar-refractivity contribution in [2.75, 3.05) is 68.1 Å². The van der Waals surface area contributed by atoms with E-state index < -0.39 is 4.92 Å². The Morgan fingerprint density at radius 1 is 0.833 bits per heavy atom. The van der Waals surface area contributed by atoms with Crippen LogP contribution in [-0.2, 0) is 9.47 Å². The maximum atomic E-state index is 10.5. The highest BCUT2D eigenvalue weighted by Crippen LogP contribution is 2.30. The topological polar surface area (TPSA) is 135 Å². The zero-order valence-electron chi connectivity index (χ0n) is 16.6. The number of phenols is 2. The first-order valence-electron chi connectivity index (χ1n) is 9.67. The Kier molecular flexibility index (Phi) is 7.15. The monoisotopic (exact) mass is 418 g/mol. The summed E-state index contributed by atoms with van der Waals surface area (Å²) >= 11 is 0. The molecule has 0 spiro atoms. The second kappa shape index (κ2) is 9.99. The molecule has 4 N–H and O–H groups in total. The number of hydrogen-bond acceptors (Lipinski definition) is 9. The molecule has 2 aliphatic rings. The smallest absolute Gasteiger partial charge is 0.310 e. The highest BCUT2D eigenvalue weighted by molar-refractivity contribution is 5.62. The van der Waals surface area contributed by atoms with Crippen LogP contribution in [0.2, 0.25) is 0 Å². The Bertz CT molecular complexity index is 866. The molecular weight excluding hydrogens is 392 g/mol. The van der Waals surface area contributed by atoms with Gasteiger partial charge < -0.3 is 35.2 Å². The van der Waals surface area contributed by atoms with E-state index in [0.29, 0.717) is 18.9 Å². The van der Waals surface area contributed by atoms with Gasteiger partial charge in [0.2, 0.25) is 0 Å². The van der Waals surface area contributed by atoms with E-state index in [2.05, 4.69) is 4.90 Å². The normalized spacial score (nSPS) is 16.5. The van der Waals surface area contributed by atoms with E-state index in [1.54, 1.807) is 18.2 Å². The average molecular weight is 418 g/mol. The Morgan fingerprint density at radius 3 is 1.73 bits per heavy atom. The van der Waals surface area contributed by atoms with Crippen LogP contribution in [0.15, 0.2) is 36.4 Å². The number of benzene rings is 2. The molecule has 10 heteroatoms. The quantitative estimate of drug-likeness (QED) is 0.296. The van der Waals surface area contributed by atoms with Crippen molar-refractivity contribution in [3.8, 4) is 11.5 Å². The highest BCUT2D eigenvalue weighted by atomic mass is 16.6. The van der Waals surface area contributed by atoms with Crippen molar-refractivity contribution in [2.24, 2.45) is 0 Å². The number of morpholine rings is 2. The first kappa shape index (κ1) is 21.5. The van der Waals surface area contributed by atoms with Crippen LogP contribution in [0.4, 0.5) is 22.7 Å². The average Bonchev–Trinajstić information content (AvgIpc) is 2.77. The Labute approximate surface area is 174 Å². The van der Waals surface area contributed by atoms with Gasteiger partial charge in [-0.15, -0.1) is 0 Å². The van der Waals surface area contributed by atoms with Crippen molar-refractivity contribution in [1.29, 1.82) is 0 Å². The number of hydrogen-bond donors (Lipinski definition) is 3. The molecule has 2 aliphatic heterocycles. The maximum Gasteiger partial charge on any atom is 0.310 e. The molecule has 0 amide bonds. The molecule has 0 aliphatic carbocycles. The number of nitrogens with zero attached hydrogens (tertiary/aromatic N) is 3. The Balaban J connectivity index is 0.000000172. The van der Waals surface area contributed by atoms with Gasteiger partial charge in [-0.25, -0.2) is 0 Å². The van der Waals surface area contributed by atoms with Crippen molar-refractivity contribution in [3.63, 3.8) is 0 Å². The third kappa shape index (κ3) is 5.43. The molecule has 0 unspecified atom stereocenters. The molecule has 162 valence electrons. The number of ether oxygens (including phenoxy) is 2. The van der Waals surface area contributed by atoms with Crippen LogP contribution in [0, 0.1) is 10.1 Å². The summed E-state index contributed by atoms with van der Waals surface area (Å²) in [5.41, 5.74) is 7.46. The van der Waals surface area contributed by atoms with E-state index in [1.807, 2.05) is 11.0 Å². The van der Waals surface area contributed by atoms with Gasteiger partial charge in [0.25, 0.3) is 0 Å². The molecule has 2 aromatic rings. The van der Waals surface area contributed by atoms with Crippen LogP contribution in [0.1, 0.15) is 0 Å². The number of phenolic OH excluding ortho intramolecular Hbond substituents is 2. The Hall–Kier alpha value is -3.24. The second-order valence-electron chi connectivity index (χ2n) is 6.87. The number of nitro benzene ring substituents is 1. The number of nitrogen functional groups attached to an aromatic ring is 1. The van der Waals surface area contributed by atoms with Crippen molar-refractivity contribution in [3.05, 3.63) is 46.5 Å². The molecule has 0 radical (unpaired) electrons. The SMILES string of the molecule is Nc1ccc(N2CCOCC2)cc1O.O=[N+]([O-])c1ccc(N2CCOCC2)cc1O. The van der Waals surface area contributed by atoms with Gasteiger partial charge in [-0.3, -0.25) is 10.1 Å². The van der Waals surface area contributed by atoms with Gasteiger partial charge >= 0.3 is 5.69 Å². The number of anilines is 3. The first-order valence-corrected chi connectivity index (χ1v) is 9.67. The van der Waals surface area contributed by atoms with E-state index in [-0.39, 0.29) is 17.2 Å². The zero-order chi connectivity index (χ0) is 21.5. The van der Waals surface area contributed by atoms with Crippen molar-refractivity contribution in [2.45, 2.75) is 0 Å². The first-order chi connectivity index (χ1) is 14.5. The summed E-state index contributed by atoms with van der Waals surface area (Å²) in [4.78, 5) is 14.1. The molecule has 2 aromatic carbocycles. The van der Waals surface area contributed by atoms with Crippen LogP contribution in [0.25, 0.3) is 0 Å². The molecular formula is C20H26N4O6. The number of nitrogens with two attached hydrogens (primary N) is 1. The summed E-state index contributed by atoms with van der Waals surface area (Å²) in [6.07, 6.45) is 0. The standard InChI is InChI=1S/C10H12N2O4.C10H14N2O2/c13-10-7-8(1-2-9(10)12(14)15)11-3-5-16-6-4-11;11-9-2-1-8(7-10(9)13)12-3-5-14-6-4-12/h1-2,7,13H,3-6H2;1-2,7,13H,3-6,11H2. The number of rotatable bonds is 3. The lowest BCUT2D eigenvalue weighted by atomic mass is 10.2. The summed E-state index contributed by atoms with van der Waals surface area (Å²) in [6, 6.07) is 9.72. The molecule has 0 bridgehead atoms. The summed E-state index contributed by atoms with van der Waals surface area (Å²) in [7, 11) is 0. The van der Waals surface area contributed by atoms with Crippen LogP contribution in [0.3, 0.4) is 0 Å². The molecule has 0 saturated carbocycles. The van der Waals surface area contributed by atoms with E-state index >= 15 is 0 Å². The molecule has 2 fully saturated rings.